The Morgan fingerprint density at radius 2 is 1.82 bits per heavy atom. The Morgan fingerprint density at radius 1 is 1.24 bits per heavy atom. The number of benzene rings is 1. The molecule has 1 aromatic rings. The highest BCUT2D eigenvalue weighted by atomic mass is 16.3. The van der Waals surface area contributed by atoms with Crippen LogP contribution in [0, 0.1) is 5.92 Å². The van der Waals surface area contributed by atoms with E-state index in [9.17, 15) is 5.11 Å². The highest BCUT2D eigenvalue weighted by Gasteiger charge is 2.41. The molecule has 1 aliphatic carbocycles. The summed E-state index contributed by atoms with van der Waals surface area (Å²) in [6.45, 7) is 8.36. The Kier molecular flexibility index (Phi) is 3.72. The number of hydrogen-bond acceptors (Lipinski definition) is 2. The van der Waals surface area contributed by atoms with Gasteiger partial charge in [0.1, 0.15) is 0 Å². The lowest BCUT2D eigenvalue weighted by molar-refractivity contribution is 0.169. The van der Waals surface area contributed by atoms with Gasteiger partial charge in [0.05, 0.1) is 6.10 Å². The monoisotopic (exact) mass is 233 g/mol. The lowest BCUT2D eigenvalue weighted by atomic mass is 10.1. The second-order valence-corrected chi connectivity index (χ2v) is 5.01. The van der Waals surface area contributed by atoms with Gasteiger partial charge in [-0.25, -0.2) is 0 Å². The first-order valence-electron chi connectivity index (χ1n) is 6.70. The third-order valence-electron chi connectivity index (χ3n) is 3.91. The van der Waals surface area contributed by atoms with Crippen LogP contribution in [0.2, 0.25) is 0 Å². The van der Waals surface area contributed by atoms with Gasteiger partial charge in [0.25, 0.3) is 0 Å². The molecule has 2 heteroatoms. The van der Waals surface area contributed by atoms with Crippen LogP contribution >= 0.6 is 0 Å². The molecule has 0 radical (unpaired) electrons. The average molecular weight is 233 g/mol. The molecular formula is C15H23NO. The maximum Gasteiger partial charge on any atom is 0.0546 e. The fraction of sp³-hybridized carbons (Fsp3) is 0.600. The van der Waals surface area contributed by atoms with Crippen molar-refractivity contribution in [2.24, 2.45) is 5.92 Å². The van der Waals surface area contributed by atoms with Gasteiger partial charge >= 0.3 is 0 Å². The lowest BCUT2D eigenvalue weighted by Gasteiger charge is -2.21. The lowest BCUT2D eigenvalue weighted by Crippen LogP contribution is -2.21. The normalized spacial score (nSPS) is 24.5. The van der Waals surface area contributed by atoms with E-state index in [0.717, 1.165) is 19.5 Å². The van der Waals surface area contributed by atoms with Gasteiger partial charge in [-0.1, -0.05) is 12.1 Å². The zero-order chi connectivity index (χ0) is 12.4. The van der Waals surface area contributed by atoms with Gasteiger partial charge in [-0.3, -0.25) is 0 Å². The minimum absolute atomic E-state index is 0.164. The Labute approximate surface area is 104 Å². The Morgan fingerprint density at radius 3 is 2.24 bits per heavy atom. The molecule has 2 rings (SSSR count). The molecule has 1 fully saturated rings. The van der Waals surface area contributed by atoms with Gasteiger partial charge in [0, 0.05) is 18.8 Å². The molecule has 0 spiro atoms. The summed E-state index contributed by atoms with van der Waals surface area (Å²) in [6, 6.07) is 8.86. The first-order chi connectivity index (χ1) is 8.17. The van der Waals surface area contributed by atoms with Crippen LogP contribution < -0.4 is 4.90 Å². The van der Waals surface area contributed by atoms with E-state index in [1.165, 1.54) is 11.3 Å². The molecule has 0 saturated heterocycles. The van der Waals surface area contributed by atoms with E-state index in [-0.39, 0.29) is 6.10 Å². The Hall–Kier alpha value is -1.02. The predicted molar refractivity (Wildman–Crippen MR) is 72.5 cm³/mol. The highest BCUT2D eigenvalue weighted by molar-refractivity contribution is 5.48. The number of rotatable bonds is 5. The molecule has 0 heterocycles. The molecule has 0 amide bonds. The van der Waals surface area contributed by atoms with Crippen molar-refractivity contribution in [3.63, 3.8) is 0 Å². The SMILES string of the molecule is CCN(CC)c1ccc(C2CC2C(C)O)cc1. The fourth-order valence-corrected chi connectivity index (χ4v) is 2.65. The van der Waals surface area contributed by atoms with Gasteiger partial charge in [-0.2, -0.15) is 0 Å². The first kappa shape index (κ1) is 12.4. The molecule has 2 nitrogen and oxygen atoms in total. The van der Waals surface area contributed by atoms with Crippen LogP contribution in [-0.4, -0.2) is 24.3 Å². The molecule has 3 unspecified atom stereocenters. The van der Waals surface area contributed by atoms with Gasteiger partial charge < -0.3 is 10.0 Å². The van der Waals surface area contributed by atoms with Crippen molar-refractivity contribution in [2.75, 3.05) is 18.0 Å². The quantitative estimate of drug-likeness (QED) is 0.845. The second-order valence-electron chi connectivity index (χ2n) is 5.01. The summed E-state index contributed by atoms with van der Waals surface area (Å²) in [4.78, 5) is 2.35. The van der Waals surface area contributed by atoms with Gasteiger partial charge in [0.2, 0.25) is 0 Å². The van der Waals surface area contributed by atoms with Crippen LogP contribution in [0.3, 0.4) is 0 Å². The minimum atomic E-state index is -0.164. The molecule has 0 aromatic heterocycles. The van der Waals surface area contributed by atoms with E-state index in [1.807, 2.05) is 6.92 Å². The average Bonchev–Trinajstić information content (AvgIpc) is 3.12. The third kappa shape index (κ3) is 2.63. The maximum absolute atomic E-state index is 9.53. The Balaban J connectivity index is 2.04. The van der Waals surface area contributed by atoms with Gasteiger partial charge in [-0.15, -0.1) is 0 Å². The van der Waals surface area contributed by atoms with Crippen LogP contribution in [0.25, 0.3) is 0 Å². The summed E-state index contributed by atoms with van der Waals surface area (Å²) in [7, 11) is 0. The molecule has 94 valence electrons. The van der Waals surface area contributed by atoms with E-state index < -0.39 is 0 Å². The summed E-state index contributed by atoms with van der Waals surface area (Å²) < 4.78 is 0. The number of nitrogens with zero attached hydrogens (tertiary/aromatic N) is 1. The second kappa shape index (κ2) is 5.09. The third-order valence-corrected chi connectivity index (χ3v) is 3.91. The smallest absolute Gasteiger partial charge is 0.0546 e. The number of aliphatic hydroxyl groups excluding tert-OH is 1. The molecule has 3 atom stereocenters. The Bertz CT molecular complexity index is 354. The molecule has 1 N–H and O–H groups in total. The van der Waals surface area contributed by atoms with Crippen molar-refractivity contribution in [2.45, 2.75) is 39.2 Å². The van der Waals surface area contributed by atoms with Crippen LogP contribution in [0.4, 0.5) is 5.69 Å². The van der Waals surface area contributed by atoms with E-state index in [0.29, 0.717) is 11.8 Å². The van der Waals surface area contributed by atoms with Crippen LogP contribution in [0.1, 0.15) is 38.7 Å². The van der Waals surface area contributed by atoms with Crippen molar-refractivity contribution in [1.29, 1.82) is 0 Å². The van der Waals surface area contributed by atoms with Gasteiger partial charge in [-0.05, 0) is 56.7 Å². The standard InChI is InChI=1S/C15H23NO/c1-4-16(5-2)13-8-6-12(7-9-13)15-10-14(15)11(3)17/h6-9,11,14-15,17H,4-5,10H2,1-3H3. The summed E-state index contributed by atoms with van der Waals surface area (Å²) in [5.41, 5.74) is 2.68. The molecule has 17 heavy (non-hydrogen) atoms. The van der Waals surface area contributed by atoms with Crippen molar-refractivity contribution in [3.8, 4) is 0 Å². The van der Waals surface area contributed by atoms with E-state index >= 15 is 0 Å². The van der Waals surface area contributed by atoms with Crippen LogP contribution in [0.5, 0.6) is 0 Å². The predicted octanol–water partition coefficient (Wildman–Crippen LogP) is 3.02. The van der Waals surface area contributed by atoms with Crippen molar-refractivity contribution < 1.29 is 5.11 Å². The summed E-state index contributed by atoms with van der Waals surface area (Å²) >= 11 is 0. The summed E-state index contributed by atoms with van der Waals surface area (Å²) in [6.07, 6.45) is 0.977. The zero-order valence-corrected chi connectivity index (χ0v) is 11.1. The minimum Gasteiger partial charge on any atom is -0.393 e. The van der Waals surface area contributed by atoms with Crippen LogP contribution in [-0.2, 0) is 0 Å². The topological polar surface area (TPSA) is 23.5 Å². The molecular weight excluding hydrogens is 210 g/mol. The molecule has 0 aliphatic heterocycles. The summed E-state index contributed by atoms with van der Waals surface area (Å²) in [5, 5.41) is 9.53. The first-order valence-corrected chi connectivity index (χ1v) is 6.70. The maximum atomic E-state index is 9.53. The van der Waals surface area contributed by atoms with Crippen LogP contribution in [0.15, 0.2) is 24.3 Å². The van der Waals surface area contributed by atoms with E-state index in [4.69, 9.17) is 0 Å². The van der Waals surface area contributed by atoms with Crippen molar-refractivity contribution >= 4 is 5.69 Å². The van der Waals surface area contributed by atoms with Gasteiger partial charge in [0.15, 0.2) is 0 Å². The molecule has 1 aliphatic rings. The molecule has 1 saturated carbocycles. The largest absolute Gasteiger partial charge is 0.393 e. The number of anilines is 1. The van der Waals surface area contributed by atoms with Crippen molar-refractivity contribution in [1.82, 2.24) is 0 Å². The molecule has 0 bridgehead atoms. The summed E-state index contributed by atoms with van der Waals surface area (Å²) in [5.74, 6) is 1.06. The van der Waals surface area contributed by atoms with Crippen molar-refractivity contribution in [3.05, 3.63) is 29.8 Å². The number of hydrogen-bond donors (Lipinski definition) is 1. The zero-order valence-electron chi connectivity index (χ0n) is 11.1. The number of aliphatic hydroxyl groups is 1. The highest BCUT2D eigenvalue weighted by Crippen LogP contribution is 2.49. The van der Waals surface area contributed by atoms with E-state index in [2.05, 4.69) is 43.0 Å². The fourth-order valence-electron chi connectivity index (χ4n) is 2.65. The molecule has 1 aromatic carbocycles. The van der Waals surface area contributed by atoms with E-state index in [1.54, 1.807) is 0 Å².